The van der Waals surface area contributed by atoms with Crippen LogP contribution in [0.3, 0.4) is 0 Å². The number of carbonyl (C=O) groups is 2. The van der Waals surface area contributed by atoms with E-state index in [4.69, 9.17) is 21.1 Å². The molecule has 0 aliphatic heterocycles. The van der Waals surface area contributed by atoms with Gasteiger partial charge in [-0.05, 0) is 23.6 Å². The van der Waals surface area contributed by atoms with Crippen molar-refractivity contribution in [3.63, 3.8) is 0 Å². The molecule has 0 saturated heterocycles. The number of nitrogens with one attached hydrogen (secondary N) is 2. The molecule has 2 aromatic rings. The van der Waals surface area contributed by atoms with Gasteiger partial charge in [0.1, 0.15) is 11.5 Å². The van der Waals surface area contributed by atoms with Crippen LogP contribution in [0.15, 0.2) is 36.4 Å². The largest absolute Gasteiger partial charge is 0.495 e. The maximum Gasteiger partial charge on any atom is 0.314 e. The normalized spacial score (nSPS) is 10.4. The Balaban J connectivity index is 2.10. The number of methoxy groups -OCH3 is 2. The maximum absolute atomic E-state index is 12.2. The van der Waals surface area contributed by atoms with Crippen molar-refractivity contribution in [1.82, 2.24) is 0 Å². The fourth-order valence-corrected chi connectivity index (χ4v) is 2.51. The third-order valence-electron chi connectivity index (χ3n) is 3.76. The van der Waals surface area contributed by atoms with E-state index in [2.05, 4.69) is 24.5 Å². The molecule has 0 spiro atoms. The minimum Gasteiger partial charge on any atom is -0.495 e. The fraction of sp³-hybridized carbons (Fsp3) is 0.263. The van der Waals surface area contributed by atoms with E-state index in [-0.39, 0.29) is 5.69 Å². The van der Waals surface area contributed by atoms with Crippen LogP contribution in [-0.4, -0.2) is 26.0 Å². The van der Waals surface area contributed by atoms with Gasteiger partial charge in [-0.25, -0.2) is 0 Å². The molecule has 0 saturated carbocycles. The van der Waals surface area contributed by atoms with Crippen LogP contribution in [0.1, 0.15) is 25.3 Å². The van der Waals surface area contributed by atoms with Gasteiger partial charge in [0.05, 0.1) is 24.9 Å². The Morgan fingerprint density at radius 2 is 1.50 bits per heavy atom. The highest BCUT2D eigenvalue weighted by Crippen LogP contribution is 2.35. The lowest BCUT2D eigenvalue weighted by atomic mass is 10.0. The summed E-state index contributed by atoms with van der Waals surface area (Å²) in [5, 5.41) is 5.39. The number of carbonyl (C=O) groups excluding carboxylic acids is 2. The topological polar surface area (TPSA) is 76.7 Å². The molecule has 2 N–H and O–H groups in total. The van der Waals surface area contributed by atoms with Crippen LogP contribution in [-0.2, 0) is 9.59 Å². The second-order valence-corrected chi connectivity index (χ2v) is 6.28. The van der Waals surface area contributed by atoms with Crippen LogP contribution >= 0.6 is 11.6 Å². The molecule has 0 heterocycles. The van der Waals surface area contributed by atoms with Crippen LogP contribution < -0.4 is 20.1 Å². The number of benzene rings is 2. The highest BCUT2D eigenvalue weighted by Gasteiger charge is 2.18. The zero-order valence-corrected chi connectivity index (χ0v) is 15.8. The summed E-state index contributed by atoms with van der Waals surface area (Å²) in [5.74, 6) is -0.569. The van der Waals surface area contributed by atoms with Crippen molar-refractivity contribution < 1.29 is 19.1 Å². The lowest BCUT2D eigenvalue weighted by Crippen LogP contribution is -2.29. The van der Waals surface area contributed by atoms with Gasteiger partial charge in [0.2, 0.25) is 0 Å². The van der Waals surface area contributed by atoms with Gasteiger partial charge in [0.15, 0.2) is 0 Å². The minimum absolute atomic E-state index is 0.282. The first-order valence-corrected chi connectivity index (χ1v) is 8.37. The van der Waals surface area contributed by atoms with Crippen LogP contribution in [0.5, 0.6) is 11.5 Å². The molecular formula is C19H21ClN2O4. The molecule has 0 bridgehead atoms. The van der Waals surface area contributed by atoms with E-state index in [0.717, 1.165) is 5.56 Å². The van der Waals surface area contributed by atoms with E-state index in [1.165, 1.54) is 26.4 Å². The second-order valence-electron chi connectivity index (χ2n) is 5.87. The van der Waals surface area contributed by atoms with Crippen LogP contribution in [0.25, 0.3) is 0 Å². The summed E-state index contributed by atoms with van der Waals surface area (Å²) in [6, 6.07) is 10.3. The van der Waals surface area contributed by atoms with Gasteiger partial charge in [0, 0.05) is 17.8 Å². The average Bonchev–Trinajstić information content (AvgIpc) is 2.63. The van der Waals surface area contributed by atoms with Gasteiger partial charge < -0.3 is 20.1 Å². The molecule has 0 atom stereocenters. The van der Waals surface area contributed by atoms with Crippen molar-refractivity contribution in [2.75, 3.05) is 24.9 Å². The van der Waals surface area contributed by atoms with E-state index >= 15 is 0 Å². The standard InChI is InChI=1S/C19H21ClN2O4/c1-11(2)12-5-7-13(8-6-12)21-18(23)19(24)22-15-10-16(25-3)14(20)9-17(15)26-4/h5-11H,1-4H3,(H,21,23)(H,22,24). The summed E-state index contributed by atoms with van der Waals surface area (Å²) < 4.78 is 10.3. The number of hydrogen-bond acceptors (Lipinski definition) is 4. The van der Waals surface area contributed by atoms with Gasteiger partial charge in [-0.2, -0.15) is 0 Å². The first-order chi connectivity index (χ1) is 12.3. The van der Waals surface area contributed by atoms with Gasteiger partial charge in [-0.1, -0.05) is 37.6 Å². The van der Waals surface area contributed by atoms with Crippen LogP contribution in [0.2, 0.25) is 5.02 Å². The second kappa shape index (κ2) is 8.58. The Morgan fingerprint density at radius 3 is 2.04 bits per heavy atom. The zero-order chi connectivity index (χ0) is 19.3. The van der Waals surface area contributed by atoms with Crippen molar-refractivity contribution >= 4 is 34.8 Å². The van der Waals surface area contributed by atoms with Crippen LogP contribution in [0.4, 0.5) is 11.4 Å². The Hall–Kier alpha value is -2.73. The molecule has 0 radical (unpaired) electrons. The zero-order valence-electron chi connectivity index (χ0n) is 15.1. The molecule has 7 heteroatoms. The molecule has 2 rings (SSSR count). The Kier molecular flexibility index (Phi) is 6.46. The maximum atomic E-state index is 12.2. The molecule has 2 aromatic carbocycles. The number of anilines is 2. The summed E-state index contributed by atoms with van der Waals surface area (Å²) in [6.45, 7) is 4.16. The third kappa shape index (κ3) is 4.67. The van der Waals surface area contributed by atoms with Crippen molar-refractivity contribution in [2.24, 2.45) is 0 Å². The van der Waals surface area contributed by atoms with Crippen molar-refractivity contribution in [1.29, 1.82) is 0 Å². The summed E-state index contributed by atoms with van der Waals surface area (Å²) in [7, 11) is 2.89. The highest BCUT2D eigenvalue weighted by atomic mass is 35.5. The summed E-state index contributed by atoms with van der Waals surface area (Å²) in [4.78, 5) is 24.3. The van der Waals surface area contributed by atoms with Gasteiger partial charge in [-0.15, -0.1) is 0 Å². The van der Waals surface area contributed by atoms with E-state index in [9.17, 15) is 9.59 Å². The van der Waals surface area contributed by atoms with Crippen molar-refractivity contribution in [3.05, 3.63) is 47.0 Å². The lowest BCUT2D eigenvalue weighted by Gasteiger charge is -2.13. The van der Waals surface area contributed by atoms with Crippen LogP contribution in [0, 0.1) is 0 Å². The molecule has 26 heavy (non-hydrogen) atoms. The molecule has 0 unspecified atom stereocenters. The molecule has 0 aliphatic carbocycles. The summed E-state index contributed by atoms with van der Waals surface area (Å²) in [5.41, 5.74) is 1.96. The molecule has 6 nitrogen and oxygen atoms in total. The number of hydrogen-bond donors (Lipinski definition) is 2. The van der Waals surface area contributed by atoms with E-state index in [1.54, 1.807) is 12.1 Å². The molecule has 0 fully saturated rings. The molecule has 0 aromatic heterocycles. The third-order valence-corrected chi connectivity index (χ3v) is 4.06. The number of rotatable bonds is 5. The van der Waals surface area contributed by atoms with Gasteiger partial charge in [0.25, 0.3) is 0 Å². The molecule has 138 valence electrons. The number of amides is 2. The highest BCUT2D eigenvalue weighted by molar-refractivity contribution is 6.44. The molecular weight excluding hydrogens is 356 g/mol. The molecule has 0 aliphatic rings. The molecule has 2 amide bonds. The Bertz CT molecular complexity index is 804. The van der Waals surface area contributed by atoms with Gasteiger partial charge in [-0.3, -0.25) is 9.59 Å². The fourth-order valence-electron chi connectivity index (χ4n) is 2.28. The van der Waals surface area contributed by atoms with Gasteiger partial charge >= 0.3 is 11.8 Å². The van der Waals surface area contributed by atoms with Crippen molar-refractivity contribution in [3.8, 4) is 11.5 Å². The first-order valence-electron chi connectivity index (χ1n) is 7.99. The minimum atomic E-state index is -0.833. The number of ether oxygens (including phenoxy) is 2. The quantitative estimate of drug-likeness (QED) is 0.771. The number of halogens is 1. The van der Waals surface area contributed by atoms with E-state index in [0.29, 0.717) is 28.1 Å². The van der Waals surface area contributed by atoms with E-state index < -0.39 is 11.8 Å². The summed E-state index contributed by atoms with van der Waals surface area (Å²) in [6.07, 6.45) is 0. The summed E-state index contributed by atoms with van der Waals surface area (Å²) >= 11 is 6.02. The first kappa shape index (κ1) is 19.6. The van der Waals surface area contributed by atoms with Crippen molar-refractivity contribution in [2.45, 2.75) is 19.8 Å². The predicted molar refractivity (Wildman–Crippen MR) is 102 cm³/mol. The lowest BCUT2D eigenvalue weighted by molar-refractivity contribution is -0.133. The predicted octanol–water partition coefficient (Wildman–Crippen LogP) is 4.06. The van der Waals surface area contributed by atoms with E-state index in [1.807, 2.05) is 12.1 Å². The Morgan fingerprint density at radius 1 is 0.923 bits per heavy atom. The average molecular weight is 377 g/mol. The smallest absolute Gasteiger partial charge is 0.314 e. The SMILES string of the molecule is COc1cc(NC(=O)C(=O)Nc2ccc(C(C)C)cc2)c(OC)cc1Cl. The Labute approximate surface area is 157 Å². The monoisotopic (exact) mass is 376 g/mol.